The van der Waals surface area contributed by atoms with Gasteiger partial charge in [0, 0.05) is 31.9 Å². The van der Waals surface area contributed by atoms with Gasteiger partial charge in [0.15, 0.2) is 0 Å². The van der Waals surface area contributed by atoms with Crippen molar-refractivity contribution in [1.82, 2.24) is 9.97 Å². The minimum atomic E-state index is 0.710. The zero-order chi connectivity index (χ0) is 14.3. The Morgan fingerprint density at radius 1 is 1.32 bits per heavy atom. The summed E-state index contributed by atoms with van der Waals surface area (Å²) in [6.07, 6.45) is 3.52. The van der Waals surface area contributed by atoms with Gasteiger partial charge in [-0.15, -0.1) is 0 Å². The second-order valence-electron chi connectivity index (χ2n) is 5.58. The molecule has 4 nitrogen and oxygen atoms in total. The Morgan fingerprint density at radius 2 is 2.05 bits per heavy atom. The van der Waals surface area contributed by atoms with Crippen molar-refractivity contribution in [2.75, 3.05) is 30.4 Å². The van der Waals surface area contributed by atoms with Gasteiger partial charge in [-0.25, -0.2) is 4.98 Å². The molecular weight excluding hydrogens is 236 g/mol. The highest BCUT2D eigenvalue weighted by atomic mass is 15.2. The third-order valence-electron chi connectivity index (χ3n) is 3.06. The Kier molecular flexibility index (Phi) is 6.60. The summed E-state index contributed by atoms with van der Waals surface area (Å²) in [6, 6.07) is 2.01. The van der Waals surface area contributed by atoms with Gasteiger partial charge in [-0.2, -0.15) is 4.98 Å². The molecule has 108 valence electrons. The van der Waals surface area contributed by atoms with Crippen LogP contribution in [0.1, 0.15) is 45.7 Å². The zero-order valence-electron chi connectivity index (χ0n) is 13.0. The molecule has 0 radical (unpaired) electrons. The fraction of sp³-hybridized carbons (Fsp3) is 0.733. The molecule has 0 amide bonds. The summed E-state index contributed by atoms with van der Waals surface area (Å²) in [5.41, 5.74) is 1.01. The molecule has 0 unspecified atom stereocenters. The first kappa shape index (κ1) is 15.7. The summed E-state index contributed by atoms with van der Waals surface area (Å²) in [5, 5.41) is 3.39. The number of aromatic nitrogens is 2. The number of unbranched alkanes of at least 4 members (excludes halogenated alkanes) is 1. The molecule has 0 saturated heterocycles. The van der Waals surface area contributed by atoms with E-state index in [1.807, 2.05) is 13.0 Å². The van der Waals surface area contributed by atoms with Crippen LogP contribution >= 0.6 is 0 Å². The van der Waals surface area contributed by atoms with Crippen LogP contribution in [0.2, 0.25) is 0 Å². The van der Waals surface area contributed by atoms with Crippen molar-refractivity contribution >= 4 is 11.8 Å². The van der Waals surface area contributed by atoms with Crippen LogP contribution in [-0.2, 0) is 0 Å². The van der Waals surface area contributed by atoms with Crippen molar-refractivity contribution in [1.29, 1.82) is 0 Å². The molecule has 1 N–H and O–H groups in total. The van der Waals surface area contributed by atoms with E-state index in [0.29, 0.717) is 5.92 Å². The molecule has 0 aromatic carbocycles. The molecule has 0 saturated carbocycles. The van der Waals surface area contributed by atoms with Gasteiger partial charge in [-0.05, 0) is 25.7 Å². The predicted molar refractivity (Wildman–Crippen MR) is 82.9 cm³/mol. The topological polar surface area (TPSA) is 41.1 Å². The molecule has 0 spiro atoms. The lowest BCUT2D eigenvalue weighted by Gasteiger charge is -2.18. The average Bonchev–Trinajstić information content (AvgIpc) is 2.34. The van der Waals surface area contributed by atoms with Gasteiger partial charge < -0.3 is 10.2 Å². The van der Waals surface area contributed by atoms with Crippen LogP contribution in [0.5, 0.6) is 0 Å². The summed E-state index contributed by atoms with van der Waals surface area (Å²) in [6.45, 7) is 10.7. The fourth-order valence-corrected chi connectivity index (χ4v) is 1.80. The number of rotatable bonds is 8. The summed E-state index contributed by atoms with van der Waals surface area (Å²) in [4.78, 5) is 11.2. The summed E-state index contributed by atoms with van der Waals surface area (Å²) in [5.74, 6) is 2.47. The Morgan fingerprint density at radius 3 is 2.68 bits per heavy atom. The van der Waals surface area contributed by atoms with Crippen LogP contribution in [0.15, 0.2) is 6.07 Å². The largest absolute Gasteiger partial charge is 0.370 e. The highest BCUT2D eigenvalue weighted by Gasteiger charge is 2.07. The number of aryl methyl sites for hydroxylation is 1. The molecule has 4 heteroatoms. The smallest absolute Gasteiger partial charge is 0.227 e. The number of anilines is 2. The minimum Gasteiger partial charge on any atom is -0.370 e. The molecule has 1 aromatic rings. The maximum Gasteiger partial charge on any atom is 0.227 e. The lowest BCUT2D eigenvalue weighted by Crippen LogP contribution is -2.21. The Labute approximate surface area is 117 Å². The third kappa shape index (κ3) is 5.90. The molecule has 0 aliphatic heterocycles. The van der Waals surface area contributed by atoms with E-state index in [4.69, 9.17) is 0 Å². The molecule has 1 rings (SSSR count). The first-order chi connectivity index (χ1) is 9.02. The van der Waals surface area contributed by atoms with E-state index in [2.05, 4.69) is 48.0 Å². The van der Waals surface area contributed by atoms with Gasteiger partial charge >= 0.3 is 0 Å². The lowest BCUT2D eigenvalue weighted by molar-refractivity contribution is 0.606. The molecule has 0 aliphatic carbocycles. The van der Waals surface area contributed by atoms with E-state index < -0.39 is 0 Å². The van der Waals surface area contributed by atoms with E-state index in [9.17, 15) is 0 Å². The molecule has 1 aromatic heterocycles. The highest BCUT2D eigenvalue weighted by molar-refractivity contribution is 5.43. The van der Waals surface area contributed by atoms with E-state index in [0.717, 1.165) is 37.0 Å². The number of hydrogen-bond acceptors (Lipinski definition) is 4. The molecule has 1 heterocycles. The quantitative estimate of drug-likeness (QED) is 0.780. The van der Waals surface area contributed by atoms with Crippen LogP contribution in [0.4, 0.5) is 11.8 Å². The lowest BCUT2D eigenvalue weighted by atomic mass is 10.1. The van der Waals surface area contributed by atoms with Crippen molar-refractivity contribution in [3.05, 3.63) is 11.8 Å². The van der Waals surface area contributed by atoms with E-state index in [-0.39, 0.29) is 0 Å². The van der Waals surface area contributed by atoms with Gasteiger partial charge in [0.05, 0.1) is 0 Å². The maximum atomic E-state index is 4.59. The Balaban J connectivity index is 2.65. The Bertz CT molecular complexity index is 376. The standard InChI is InChI=1S/C15H28N4/c1-6-7-10-19(5)15-17-13(4)11-14(18-15)16-9-8-12(2)3/h11-12H,6-10H2,1-5H3,(H,16,17,18). The zero-order valence-corrected chi connectivity index (χ0v) is 13.0. The summed E-state index contributed by atoms with van der Waals surface area (Å²) in [7, 11) is 2.06. The molecule has 0 aliphatic rings. The first-order valence-corrected chi connectivity index (χ1v) is 7.33. The van der Waals surface area contributed by atoms with E-state index in [1.54, 1.807) is 0 Å². The van der Waals surface area contributed by atoms with Crippen molar-refractivity contribution in [2.24, 2.45) is 5.92 Å². The molecule has 0 fully saturated rings. The third-order valence-corrected chi connectivity index (χ3v) is 3.06. The highest BCUT2D eigenvalue weighted by Crippen LogP contribution is 2.13. The van der Waals surface area contributed by atoms with Gasteiger partial charge in [-0.3, -0.25) is 0 Å². The number of hydrogen-bond donors (Lipinski definition) is 1. The first-order valence-electron chi connectivity index (χ1n) is 7.33. The van der Waals surface area contributed by atoms with Crippen LogP contribution in [0.3, 0.4) is 0 Å². The van der Waals surface area contributed by atoms with Crippen molar-refractivity contribution < 1.29 is 0 Å². The second-order valence-corrected chi connectivity index (χ2v) is 5.58. The van der Waals surface area contributed by atoms with Gasteiger partial charge in [0.1, 0.15) is 5.82 Å². The second kappa shape index (κ2) is 7.97. The van der Waals surface area contributed by atoms with E-state index in [1.165, 1.54) is 12.8 Å². The molecule has 0 bridgehead atoms. The number of nitrogens with zero attached hydrogens (tertiary/aromatic N) is 3. The van der Waals surface area contributed by atoms with Crippen molar-refractivity contribution in [2.45, 2.75) is 47.0 Å². The van der Waals surface area contributed by atoms with Crippen LogP contribution in [0.25, 0.3) is 0 Å². The van der Waals surface area contributed by atoms with Crippen LogP contribution in [-0.4, -0.2) is 30.1 Å². The van der Waals surface area contributed by atoms with E-state index >= 15 is 0 Å². The fourth-order valence-electron chi connectivity index (χ4n) is 1.80. The van der Waals surface area contributed by atoms with Gasteiger partial charge in [0.25, 0.3) is 0 Å². The number of nitrogens with one attached hydrogen (secondary N) is 1. The summed E-state index contributed by atoms with van der Waals surface area (Å²) < 4.78 is 0. The van der Waals surface area contributed by atoms with Crippen molar-refractivity contribution in [3.8, 4) is 0 Å². The molecule has 19 heavy (non-hydrogen) atoms. The van der Waals surface area contributed by atoms with Crippen LogP contribution in [0, 0.1) is 12.8 Å². The minimum absolute atomic E-state index is 0.710. The maximum absolute atomic E-state index is 4.59. The molecular formula is C15H28N4. The monoisotopic (exact) mass is 264 g/mol. The summed E-state index contributed by atoms with van der Waals surface area (Å²) >= 11 is 0. The average molecular weight is 264 g/mol. The van der Waals surface area contributed by atoms with Crippen molar-refractivity contribution in [3.63, 3.8) is 0 Å². The van der Waals surface area contributed by atoms with Gasteiger partial charge in [-0.1, -0.05) is 27.2 Å². The van der Waals surface area contributed by atoms with Gasteiger partial charge in [0.2, 0.25) is 5.95 Å². The predicted octanol–water partition coefficient (Wildman–Crippen LogP) is 3.48. The Hall–Kier alpha value is -1.32. The molecule has 0 atom stereocenters. The SMILES string of the molecule is CCCCN(C)c1nc(C)cc(NCCC(C)C)n1. The normalized spacial score (nSPS) is 10.8. The van der Waals surface area contributed by atoms with Crippen LogP contribution < -0.4 is 10.2 Å².